The molecule has 0 saturated carbocycles. The van der Waals surface area contributed by atoms with Gasteiger partial charge in [0.1, 0.15) is 34.1 Å². The van der Waals surface area contributed by atoms with E-state index in [9.17, 15) is 19.8 Å². The van der Waals surface area contributed by atoms with E-state index in [2.05, 4.69) is 12.1 Å². The zero-order valence-corrected chi connectivity index (χ0v) is 28.2. The van der Waals surface area contributed by atoms with Crippen LogP contribution in [0.25, 0.3) is 32.7 Å². The fraction of sp³-hybridized carbons (Fsp3) is 0.0213. The van der Waals surface area contributed by atoms with E-state index in [1.807, 2.05) is 121 Å². The standard InChI is InChI=1S/C47H30O6/c48-45(49)37-27-29-15-7-9-21-33(29)41(43(37)52-31-17-3-1-4-18-31)47(39-25-13-11-23-35(39)36-24-12-14-26-40(36)47)42-34-22-10-8-16-30(34)28-38(46(50)51)44(42)53-32-19-5-2-6-20-32/h1-28H,(H,48,49)(H,50,51). The van der Waals surface area contributed by atoms with Gasteiger partial charge in [-0.3, -0.25) is 0 Å². The van der Waals surface area contributed by atoms with Crippen LogP contribution in [0.1, 0.15) is 43.0 Å². The van der Waals surface area contributed by atoms with Gasteiger partial charge in [-0.25, -0.2) is 9.59 Å². The van der Waals surface area contributed by atoms with Crippen LogP contribution in [0.4, 0.5) is 0 Å². The lowest BCUT2D eigenvalue weighted by Gasteiger charge is -2.38. The maximum atomic E-state index is 13.4. The fourth-order valence-corrected chi connectivity index (χ4v) is 8.04. The summed E-state index contributed by atoms with van der Waals surface area (Å²) in [6.45, 7) is 0. The maximum Gasteiger partial charge on any atom is 0.339 e. The lowest BCUT2D eigenvalue weighted by Crippen LogP contribution is -2.31. The molecule has 53 heavy (non-hydrogen) atoms. The second kappa shape index (κ2) is 12.5. The van der Waals surface area contributed by atoms with E-state index >= 15 is 0 Å². The van der Waals surface area contributed by atoms with Gasteiger partial charge in [-0.15, -0.1) is 0 Å². The molecule has 0 spiro atoms. The van der Waals surface area contributed by atoms with Crippen molar-refractivity contribution in [3.63, 3.8) is 0 Å². The van der Waals surface area contributed by atoms with Gasteiger partial charge in [0.15, 0.2) is 0 Å². The molecule has 0 saturated heterocycles. The first-order valence-corrected chi connectivity index (χ1v) is 17.2. The second-order valence-corrected chi connectivity index (χ2v) is 13.0. The van der Waals surface area contributed by atoms with Crippen LogP contribution in [0, 0.1) is 0 Å². The first-order valence-electron chi connectivity index (χ1n) is 17.2. The van der Waals surface area contributed by atoms with E-state index in [0.29, 0.717) is 33.4 Å². The highest BCUT2D eigenvalue weighted by Crippen LogP contribution is 2.63. The molecule has 0 unspecified atom stereocenters. The Balaban J connectivity index is 1.58. The van der Waals surface area contributed by atoms with Crippen LogP contribution in [0.5, 0.6) is 23.0 Å². The van der Waals surface area contributed by atoms with E-state index in [1.54, 1.807) is 36.4 Å². The third-order valence-electron chi connectivity index (χ3n) is 10.1. The van der Waals surface area contributed by atoms with Gasteiger partial charge < -0.3 is 19.7 Å². The number of carbonyl (C=O) groups is 2. The van der Waals surface area contributed by atoms with Crippen molar-refractivity contribution in [1.29, 1.82) is 0 Å². The summed E-state index contributed by atoms with van der Waals surface area (Å²) in [7, 11) is 0. The normalized spacial score (nSPS) is 12.6. The zero-order valence-electron chi connectivity index (χ0n) is 28.2. The Morgan fingerprint density at radius 1 is 0.434 bits per heavy atom. The van der Waals surface area contributed by atoms with Crippen molar-refractivity contribution >= 4 is 33.5 Å². The maximum absolute atomic E-state index is 13.4. The number of hydrogen-bond acceptors (Lipinski definition) is 4. The van der Waals surface area contributed by atoms with Crippen LogP contribution >= 0.6 is 0 Å². The highest BCUT2D eigenvalue weighted by atomic mass is 16.5. The minimum absolute atomic E-state index is 0.0342. The molecule has 8 aromatic rings. The quantitative estimate of drug-likeness (QED) is 0.165. The summed E-state index contributed by atoms with van der Waals surface area (Å²) in [6, 6.07) is 52.9. The van der Waals surface area contributed by atoms with Crippen molar-refractivity contribution in [2.75, 3.05) is 0 Å². The van der Waals surface area contributed by atoms with Crippen molar-refractivity contribution in [3.8, 4) is 34.1 Å². The van der Waals surface area contributed by atoms with Crippen LogP contribution < -0.4 is 9.47 Å². The molecule has 0 radical (unpaired) electrons. The number of hydrogen-bond donors (Lipinski definition) is 2. The molecule has 6 nitrogen and oxygen atoms in total. The number of carboxylic acids is 2. The number of aromatic carboxylic acids is 2. The number of fused-ring (bicyclic) bond motifs is 5. The van der Waals surface area contributed by atoms with Crippen molar-refractivity contribution in [2.24, 2.45) is 0 Å². The number of carboxylic acid groups (broad SMARTS) is 2. The molecule has 254 valence electrons. The molecule has 2 N–H and O–H groups in total. The molecule has 0 aliphatic heterocycles. The molecule has 8 aromatic carbocycles. The number of ether oxygens (including phenoxy) is 2. The van der Waals surface area contributed by atoms with Gasteiger partial charge in [0.05, 0.1) is 5.41 Å². The minimum atomic E-state index is -1.38. The molecular weight excluding hydrogens is 661 g/mol. The van der Waals surface area contributed by atoms with Crippen LogP contribution in [-0.4, -0.2) is 22.2 Å². The minimum Gasteiger partial charge on any atom is -0.478 e. The summed E-state index contributed by atoms with van der Waals surface area (Å²) in [4.78, 5) is 26.9. The van der Waals surface area contributed by atoms with Crippen molar-refractivity contribution in [1.82, 2.24) is 0 Å². The predicted octanol–water partition coefficient (Wildman–Crippen LogP) is 11.3. The van der Waals surface area contributed by atoms with E-state index < -0.39 is 17.4 Å². The smallest absolute Gasteiger partial charge is 0.339 e. The molecular formula is C47H30O6. The van der Waals surface area contributed by atoms with E-state index in [1.165, 1.54) is 0 Å². The van der Waals surface area contributed by atoms with E-state index in [-0.39, 0.29) is 22.6 Å². The third kappa shape index (κ3) is 4.95. The largest absolute Gasteiger partial charge is 0.478 e. The van der Waals surface area contributed by atoms with E-state index in [0.717, 1.165) is 33.0 Å². The lowest BCUT2D eigenvalue weighted by atomic mass is 9.64. The third-order valence-corrected chi connectivity index (χ3v) is 10.1. The number of rotatable bonds is 8. The molecule has 1 aliphatic rings. The van der Waals surface area contributed by atoms with Gasteiger partial charge in [0, 0.05) is 11.1 Å². The first-order chi connectivity index (χ1) is 26.0. The molecule has 0 fully saturated rings. The molecule has 1 aliphatic carbocycles. The summed E-state index contributed by atoms with van der Waals surface area (Å²) in [6.07, 6.45) is 0. The van der Waals surface area contributed by atoms with Crippen LogP contribution in [0.3, 0.4) is 0 Å². The first kappa shape index (κ1) is 31.8. The molecule has 0 amide bonds. The Kier molecular flexibility index (Phi) is 7.52. The summed E-state index contributed by atoms with van der Waals surface area (Å²) in [5.74, 6) is -1.14. The van der Waals surface area contributed by atoms with E-state index in [4.69, 9.17) is 9.47 Å². The summed E-state index contributed by atoms with van der Waals surface area (Å²) in [5.41, 5.74) is 3.18. The summed E-state index contributed by atoms with van der Waals surface area (Å²) < 4.78 is 13.6. The van der Waals surface area contributed by atoms with Gasteiger partial charge in [0.25, 0.3) is 0 Å². The molecule has 0 heterocycles. The summed E-state index contributed by atoms with van der Waals surface area (Å²) >= 11 is 0. The predicted molar refractivity (Wildman–Crippen MR) is 206 cm³/mol. The van der Waals surface area contributed by atoms with Gasteiger partial charge in [-0.05, 0) is 80.2 Å². The van der Waals surface area contributed by atoms with Crippen LogP contribution in [0.15, 0.2) is 170 Å². The molecule has 0 atom stereocenters. The Labute approximate surface area is 304 Å². The van der Waals surface area contributed by atoms with Crippen molar-refractivity contribution in [2.45, 2.75) is 5.41 Å². The Hall–Kier alpha value is -7.18. The average molecular weight is 691 g/mol. The second-order valence-electron chi connectivity index (χ2n) is 13.0. The monoisotopic (exact) mass is 690 g/mol. The van der Waals surface area contributed by atoms with Gasteiger partial charge in [-0.2, -0.15) is 0 Å². The topological polar surface area (TPSA) is 93.1 Å². The van der Waals surface area contributed by atoms with Crippen LogP contribution in [-0.2, 0) is 5.41 Å². The highest BCUT2D eigenvalue weighted by Gasteiger charge is 2.52. The van der Waals surface area contributed by atoms with Crippen molar-refractivity contribution < 1.29 is 29.3 Å². The van der Waals surface area contributed by atoms with Gasteiger partial charge in [-0.1, -0.05) is 133 Å². The average Bonchev–Trinajstić information content (AvgIpc) is 3.48. The molecule has 6 heteroatoms. The van der Waals surface area contributed by atoms with Gasteiger partial charge in [0.2, 0.25) is 0 Å². The SMILES string of the molecule is O=C(O)c1cc2ccccc2c(C2(c3c(Oc4ccccc4)c(C(=O)O)cc4ccccc34)c3ccccc3-c3ccccc32)c1Oc1ccccc1. The molecule has 0 aromatic heterocycles. The lowest BCUT2D eigenvalue weighted by molar-refractivity contribution is 0.0683. The Bertz CT molecular complexity index is 2550. The zero-order chi connectivity index (χ0) is 36.1. The molecule has 0 bridgehead atoms. The Morgan fingerprint density at radius 2 is 0.792 bits per heavy atom. The van der Waals surface area contributed by atoms with Crippen LogP contribution in [0.2, 0.25) is 0 Å². The highest BCUT2D eigenvalue weighted by molar-refractivity contribution is 6.07. The Morgan fingerprint density at radius 3 is 1.21 bits per heavy atom. The number of para-hydroxylation sites is 2. The fourth-order valence-electron chi connectivity index (χ4n) is 8.04. The van der Waals surface area contributed by atoms with Crippen molar-refractivity contribution in [3.05, 3.63) is 203 Å². The number of benzene rings is 8. The summed E-state index contributed by atoms with van der Waals surface area (Å²) in [5, 5.41) is 24.8. The molecule has 9 rings (SSSR count). The van der Waals surface area contributed by atoms with Gasteiger partial charge >= 0.3 is 11.9 Å².